The third-order valence-electron chi connectivity index (χ3n) is 5.64. The van der Waals surface area contributed by atoms with E-state index in [2.05, 4.69) is 10.0 Å². The van der Waals surface area contributed by atoms with Gasteiger partial charge < -0.3 is 10.2 Å². The van der Waals surface area contributed by atoms with Crippen molar-refractivity contribution in [2.45, 2.75) is 37.5 Å². The largest absolute Gasteiger partial charge is 0.326 e. The molecule has 3 aromatic rings. The highest BCUT2D eigenvalue weighted by Gasteiger charge is 2.24. The molecule has 0 unspecified atom stereocenters. The fourth-order valence-electron chi connectivity index (χ4n) is 3.99. The van der Waals surface area contributed by atoms with Crippen LogP contribution in [0, 0.1) is 0 Å². The summed E-state index contributed by atoms with van der Waals surface area (Å²) >= 11 is 0. The van der Waals surface area contributed by atoms with Crippen LogP contribution in [0.3, 0.4) is 0 Å². The molecule has 3 aromatic carbocycles. The van der Waals surface area contributed by atoms with Crippen molar-refractivity contribution in [3.05, 3.63) is 83.9 Å². The highest BCUT2D eigenvalue weighted by atomic mass is 32.2. The fraction of sp³-hybridized carbons (Fsp3) is 0.231. The van der Waals surface area contributed by atoms with Crippen LogP contribution in [-0.2, 0) is 21.2 Å². The van der Waals surface area contributed by atoms with Gasteiger partial charge in [-0.1, -0.05) is 25.1 Å². The molecule has 7 nitrogen and oxygen atoms in total. The van der Waals surface area contributed by atoms with Crippen molar-refractivity contribution in [2.75, 3.05) is 21.5 Å². The maximum absolute atomic E-state index is 13.0. The second-order valence-corrected chi connectivity index (χ2v) is 9.88. The van der Waals surface area contributed by atoms with Gasteiger partial charge in [-0.3, -0.25) is 14.3 Å². The summed E-state index contributed by atoms with van der Waals surface area (Å²) in [6.07, 6.45) is 2.71. The van der Waals surface area contributed by atoms with E-state index in [-0.39, 0.29) is 16.7 Å². The predicted octanol–water partition coefficient (Wildman–Crippen LogP) is 4.82. The highest BCUT2D eigenvalue weighted by molar-refractivity contribution is 7.92. The summed E-state index contributed by atoms with van der Waals surface area (Å²) < 4.78 is 28.4. The minimum absolute atomic E-state index is 0.0685. The normalized spacial score (nSPS) is 13.1. The van der Waals surface area contributed by atoms with Gasteiger partial charge in [0, 0.05) is 35.6 Å². The molecule has 0 bridgehead atoms. The number of rotatable bonds is 7. The van der Waals surface area contributed by atoms with Gasteiger partial charge in [-0.05, 0) is 79.4 Å². The topological polar surface area (TPSA) is 95.6 Å². The van der Waals surface area contributed by atoms with Gasteiger partial charge >= 0.3 is 0 Å². The number of carbonyl (C=O) groups is 2. The molecule has 1 aliphatic rings. The Balaban J connectivity index is 1.50. The molecule has 34 heavy (non-hydrogen) atoms. The number of hydrogen-bond donors (Lipinski definition) is 2. The molecular formula is C26H27N3O4S. The minimum atomic E-state index is -3.81. The molecule has 1 aliphatic heterocycles. The summed E-state index contributed by atoms with van der Waals surface area (Å²) in [5.41, 5.74) is 3.33. The molecule has 0 spiro atoms. The molecule has 0 aromatic heterocycles. The second-order valence-electron chi connectivity index (χ2n) is 8.20. The van der Waals surface area contributed by atoms with Crippen LogP contribution in [0.4, 0.5) is 17.1 Å². The number of carbonyl (C=O) groups excluding carboxylic acids is 2. The third-order valence-corrected chi connectivity index (χ3v) is 7.04. The number of nitrogens with zero attached hydrogens (tertiary/aromatic N) is 1. The summed E-state index contributed by atoms with van der Waals surface area (Å²) in [6.45, 7) is 2.53. The lowest BCUT2D eigenvalue weighted by Crippen LogP contribution is -2.35. The first-order chi connectivity index (χ1) is 16.4. The molecule has 0 radical (unpaired) electrons. The van der Waals surface area contributed by atoms with Gasteiger partial charge in [0.15, 0.2) is 0 Å². The van der Waals surface area contributed by atoms with Crippen molar-refractivity contribution in [1.82, 2.24) is 0 Å². The summed E-state index contributed by atoms with van der Waals surface area (Å²) in [4.78, 5) is 26.6. The van der Waals surface area contributed by atoms with Crippen LogP contribution in [0.2, 0.25) is 0 Å². The van der Waals surface area contributed by atoms with Gasteiger partial charge in [0.2, 0.25) is 5.91 Å². The monoisotopic (exact) mass is 477 g/mol. The van der Waals surface area contributed by atoms with Crippen LogP contribution in [0.15, 0.2) is 77.7 Å². The van der Waals surface area contributed by atoms with Crippen molar-refractivity contribution in [2.24, 2.45) is 0 Å². The predicted molar refractivity (Wildman–Crippen MR) is 134 cm³/mol. The maximum atomic E-state index is 13.0. The number of amides is 2. The third kappa shape index (κ3) is 5.28. The van der Waals surface area contributed by atoms with Crippen LogP contribution in [0.1, 0.15) is 42.1 Å². The number of benzene rings is 3. The molecule has 0 saturated carbocycles. The number of sulfonamides is 1. The Hall–Kier alpha value is -3.65. The van der Waals surface area contributed by atoms with Gasteiger partial charge in [0.25, 0.3) is 15.9 Å². The second kappa shape index (κ2) is 10.1. The van der Waals surface area contributed by atoms with Crippen LogP contribution >= 0.6 is 0 Å². The standard InChI is InChI=1S/C26H27N3O4S/c1-2-7-25(30)27-21-11-14-23(15-12-21)34(32,33)28-22-13-16-24-20(18-22)10-6-17-29(24)26(31)19-8-4-3-5-9-19/h3-5,8-9,11-16,18,28H,2,6-7,10,17H2,1H3,(H,27,30). The van der Waals surface area contributed by atoms with E-state index in [0.717, 1.165) is 30.5 Å². The van der Waals surface area contributed by atoms with Crippen molar-refractivity contribution < 1.29 is 18.0 Å². The van der Waals surface area contributed by atoms with E-state index in [1.54, 1.807) is 47.4 Å². The van der Waals surface area contributed by atoms with Crippen LogP contribution < -0.4 is 14.9 Å². The number of hydrogen-bond acceptors (Lipinski definition) is 4. The summed E-state index contributed by atoms with van der Waals surface area (Å²) in [6, 6.07) is 20.4. The number of nitrogens with one attached hydrogen (secondary N) is 2. The summed E-state index contributed by atoms with van der Waals surface area (Å²) in [7, 11) is -3.81. The highest BCUT2D eigenvalue weighted by Crippen LogP contribution is 2.31. The lowest BCUT2D eigenvalue weighted by molar-refractivity contribution is -0.116. The molecule has 176 valence electrons. The lowest BCUT2D eigenvalue weighted by atomic mass is 10.00. The zero-order valence-corrected chi connectivity index (χ0v) is 19.8. The summed E-state index contributed by atoms with van der Waals surface area (Å²) in [5.74, 6) is -0.175. The van der Waals surface area contributed by atoms with Gasteiger partial charge in [-0.25, -0.2) is 8.42 Å². The molecule has 4 rings (SSSR count). The first-order valence-electron chi connectivity index (χ1n) is 11.3. The first-order valence-corrected chi connectivity index (χ1v) is 12.8. The van der Waals surface area contributed by atoms with E-state index in [1.165, 1.54) is 12.1 Å². The van der Waals surface area contributed by atoms with Gasteiger partial charge in [0.05, 0.1) is 4.90 Å². The van der Waals surface area contributed by atoms with Gasteiger partial charge in [-0.2, -0.15) is 0 Å². The average Bonchev–Trinajstić information content (AvgIpc) is 2.84. The Morgan fingerprint density at radius 1 is 0.941 bits per heavy atom. The molecule has 2 amide bonds. The van der Waals surface area contributed by atoms with Gasteiger partial charge in [-0.15, -0.1) is 0 Å². The Kier molecular flexibility index (Phi) is 6.98. The van der Waals surface area contributed by atoms with Gasteiger partial charge in [0.1, 0.15) is 0 Å². The zero-order chi connectivity index (χ0) is 24.1. The quantitative estimate of drug-likeness (QED) is 0.510. The molecule has 1 heterocycles. The molecule has 2 N–H and O–H groups in total. The van der Waals surface area contributed by atoms with Crippen molar-refractivity contribution in [3.8, 4) is 0 Å². The summed E-state index contributed by atoms with van der Waals surface area (Å²) in [5, 5.41) is 2.74. The Morgan fingerprint density at radius 2 is 1.65 bits per heavy atom. The molecule has 0 atom stereocenters. The maximum Gasteiger partial charge on any atom is 0.261 e. The molecular weight excluding hydrogens is 450 g/mol. The van der Waals surface area contributed by atoms with E-state index in [1.807, 2.05) is 25.1 Å². The van der Waals surface area contributed by atoms with Crippen LogP contribution in [-0.4, -0.2) is 26.8 Å². The van der Waals surface area contributed by atoms with E-state index >= 15 is 0 Å². The van der Waals surface area contributed by atoms with E-state index in [9.17, 15) is 18.0 Å². The fourth-order valence-corrected chi connectivity index (χ4v) is 5.04. The van der Waals surface area contributed by atoms with Crippen LogP contribution in [0.5, 0.6) is 0 Å². The number of aryl methyl sites for hydroxylation is 1. The van der Waals surface area contributed by atoms with E-state index < -0.39 is 10.0 Å². The zero-order valence-electron chi connectivity index (χ0n) is 19.0. The molecule has 8 heteroatoms. The number of anilines is 3. The number of fused-ring (bicyclic) bond motifs is 1. The van der Waals surface area contributed by atoms with Crippen LogP contribution in [0.25, 0.3) is 0 Å². The van der Waals surface area contributed by atoms with Crippen molar-refractivity contribution >= 4 is 38.9 Å². The first kappa shape index (κ1) is 23.5. The Labute approximate surface area is 199 Å². The molecule has 0 saturated heterocycles. The smallest absolute Gasteiger partial charge is 0.261 e. The van der Waals surface area contributed by atoms with Crippen molar-refractivity contribution in [3.63, 3.8) is 0 Å². The molecule has 0 fully saturated rings. The SMILES string of the molecule is CCCC(=O)Nc1ccc(S(=O)(=O)Nc2ccc3c(c2)CCCN3C(=O)c2ccccc2)cc1. The molecule has 0 aliphatic carbocycles. The minimum Gasteiger partial charge on any atom is -0.326 e. The lowest BCUT2D eigenvalue weighted by Gasteiger charge is -2.30. The van der Waals surface area contributed by atoms with E-state index in [0.29, 0.717) is 29.9 Å². The van der Waals surface area contributed by atoms with Crippen molar-refractivity contribution in [1.29, 1.82) is 0 Å². The Morgan fingerprint density at radius 3 is 2.35 bits per heavy atom. The van der Waals surface area contributed by atoms with E-state index in [4.69, 9.17) is 0 Å². The average molecular weight is 478 g/mol. The Bertz CT molecular complexity index is 1290.